The van der Waals surface area contributed by atoms with Gasteiger partial charge in [-0.05, 0) is 88.2 Å². The fraction of sp³-hybridized carbons (Fsp3) is 0.0600. The van der Waals surface area contributed by atoms with Crippen LogP contribution >= 0.6 is 0 Å². The lowest BCUT2D eigenvalue weighted by molar-refractivity contribution is 0.651. The molecule has 1 unspecified atom stereocenters. The second-order valence-electron chi connectivity index (χ2n) is 13.9. The summed E-state index contributed by atoms with van der Waals surface area (Å²) in [5.74, 6) is 0.140. The molecule has 3 aromatic heterocycles. The summed E-state index contributed by atoms with van der Waals surface area (Å²) >= 11 is 0. The Balaban J connectivity index is 1.00. The van der Waals surface area contributed by atoms with Gasteiger partial charge < -0.3 is 8.98 Å². The van der Waals surface area contributed by atoms with Crippen molar-refractivity contribution in [2.75, 3.05) is 0 Å². The molecule has 0 fully saturated rings. The molecule has 3 heteroatoms. The van der Waals surface area contributed by atoms with E-state index in [0.29, 0.717) is 5.71 Å². The molecule has 0 amide bonds. The molecule has 3 nitrogen and oxygen atoms in total. The van der Waals surface area contributed by atoms with Crippen LogP contribution in [0.1, 0.15) is 29.0 Å². The Hall–Kier alpha value is -6.71. The average Bonchev–Trinajstić information content (AvgIpc) is 3.77. The maximum atomic E-state index is 6.12. The van der Waals surface area contributed by atoms with E-state index in [9.17, 15) is 0 Å². The topological polar surface area (TPSA) is 31.0 Å². The number of aromatic nitrogens is 2. The van der Waals surface area contributed by atoms with Gasteiger partial charge in [-0.3, -0.25) is 0 Å². The van der Waals surface area contributed by atoms with Gasteiger partial charge in [0.05, 0.1) is 11.0 Å². The summed E-state index contributed by atoms with van der Waals surface area (Å²) in [6.45, 7) is 0. The van der Waals surface area contributed by atoms with Crippen LogP contribution < -0.4 is 0 Å². The zero-order chi connectivity index (χ0) is 35.1. The number of nitrogens with zero attached hydrogens (tertiary/aromatic N) is 2. The summed E-state index contributed by atoms with van der Waals surface area (Å²) in [7, 11) is 0. The van der Waals surface area contributed by atoms with Gasteiger partial charge in [0, 0.05) is 39.3 Å². The van der Waals surface area contributed by atoms with E-state index in [0.717, 1.165) is 34.9 Å². The summed E-state index contributed by atoms with van der Waals surface area (Å²) in [5, 5.41) is 4.70. The fourth-order valence-electron chi connectivity index (χ4n) is 8.10. The normalized spacial score (nSPS) is 12.2. The van der Waals surface area contributed by atoms with Gasteiger partial charge in [0.2, 0.25) is 5.71 Å². The number of aryl methyl sites for hydroxylation is 1. The Labute approximate surface area is 308 Å². The largest absolute Gasteiger partial charge is 0.438 e. The van der Waals surface area contributed by atoms with Gasteiger partial charge in [-0.15, -0.1) is 0 Å². The van der Waals surface area contributed by atoms with Crippen LogP contribution in [0.2, 0.25) is 0 Å². The lowest BCUT2D eigenvalue weighted by Crippen LogP contribution is -2.05. The van der Waals surface area contributed by atoms with Crippen molar-refractivity contribution in [2.45, 2.75) is 18.8 Å². The summed E-state index contributed by atoms with van der Waals surface area (Å²) in [5.41, 5.74) is 13.9. The highest BCUT2D eigenvalue weighted by Gasteiger charge is 2.19. The van der Waals surface area contributed by atoms with Gasteiger partial charge >= 0.3 is 0 Å². The standard InChI is InChI=1S/C50H36N2O/c1-2-12-35(13-3-1)36-22-24-37(25-23-36)39-14-10-11-34(31-39)21-30-42(40-32-46-45-17-6-9-20-49(45)53-50(46)51-33-40)38-26-28-41(29-27-38)52-47-18-7-4-15-43(47)44-16-5-8-19-48(44)52/h1-20,22-29,31-33,42H,21,30H2. The highest BCUT2D eigenvalue weighted by molar-refractivity contribution is 6.09. The van der Waals surface area contributed by atoms with Crippen LogP contribution in [0.15, 0.2) is 193 Å². The molecule has 10 rings (SSSR count). The van der Waals surface area contributed by atoms with Gasteiger partial charge in [0.25, 0.3) is 0 Å². The lowest BCUT2D eigenvalue weighted by atomic mass is 9.86. The van der Waals surface area contributed by atoms with Gasteiger partial charge in [-0.2, -0.15) is 0 Å². The number of furan rings is 1. The van der Waals surface area contributed by atoms with Crippen molar-refractivity contribution < 1.29 is 4.42 Å². The molecule has 10 aromatic rings. The second-order valence-corrected chi connectivity index (χ2v) is 13.9. The summed E-state index contributed by atoms with van der Waals surface area (Å²) in [6, 6.07) is 65.5. The number of pyridine rings is 1. The lowest BCUT2D eigenvalue weighted by Gasteiger charge is -2.19. The van der Waals surface area contributed by atoms with E-state index in [1.807, 2.05) is 18.3 Å². The Kier molecular flexibility index (Phi) is 7.69. The number of hydrogen-bond acceptors (Lipinski definition) is 2. The summed E-state index contributed by atoms with van der Waals surface area (Å²) in [6.07, 6.45) is 3.88. The maximum Gasteiger partial charge on any atom is 0.227 e. The molecule has 0 saturated heterocycles. The molecule has 0 spiro atoms. The predicted octanol–water partition coefficient (Wildman–Crippen LogP) is 13.2. The minimum Gasteiger partial charge on any atom is -0.438 e. The number of hydrogen-bond donors (Lipinski definition) is 0. The third kappa shape index (κ3) is 5.68. The molecule has 3 heterocycles. The van der Waals surface area contributed by atoms with Crippen molar-refractivity contribution in [2.24, 2.45) is 0 Å². The number of fused-ring (bicyclic) bond motifs is 6. The highest BCUT2D eigenvalue weighted by atomic mass is 16.3. The van der Waals surface area contributed by atoms with Crippen LogP contribution in [0, 0.1) is 0 Å². The Morgan fingerprint density at radius 2 is 1.08 bits per heavy atom. The first-order valence-electron chi connectivity index (χ1n) is 18.4. The molecular formula is C50H36N2O. The van der Waals surface area contributed by atoms with Crippen molar-refractivity contribution in [1.82, 2.24) is 9.55 Å². The van der Waals surface area contributed by atoms with Crippen LogP contribution in [-0.4, -0.2) is 9.55 Å². The minimum absolute atomic E-state index is 0.140. The average molecular weight is 681 g/mol. The van der Waals surface area contributed by atoms with Gasteiger partial charge in [0.1, 0.15) is 5.58 Å². The minimum atomic E-state index is 0.140. The molecule has 0 aliphatic rings. The molecule has 0 saturated carbocycles. The van der Waals surface area contributed by atoms with Gasteiger partial charge in [-0.25, -0.2) is 4.98 Å². The first-order valence-corrected chi connectivity index (χ1v) is 18.4. The molecule has 53 heavy (non-hydrogen) atoms. The summed E-state index contributed by atoms with van der Waals surface area (Å²) in [4.78, 5) is 4.86. The second kappa shape index (κ2) is 13.1. The van der Waals surface area contributed by atoms with E-state index in [1.165, 1.54) is 60.8 Å². The van der Waals surface area contributed by atoms with Crippen LogP contribution in [-0.2, 0) is 6.42 Å². The number of rotatable bonds is 8. The molecule has 0 aliphatic carbocycles. The Morgan fingerprint density at radius 1 is 0.472 bits per heavy atom. The van der Waals surface area contributed by atoms with E-state index in [-0.39, 0.29) is 5.92 Å². The molecule has 0 radical (unpaired) electrons. The first-order chi connectivity index (χ1) is 26.3. The van der Waals surface area contributed by atoms with Gasteiger partial charge in [-0.1, -0.05) is 146 Å². The van der Waals surface area contributed by atoms with Crippen molar-refractivity contribution in [1.29, 1.82) is 0 Å². The molecular weight excluding hydrogens is 645 g/mol. The quantitative estimate of drug-likeness (QED) is 0.160. The Morgan fingerprint density at radius 3 is 1.81 bits per heavy atom. The van der Waals surface area contributed by atoms with E-state index in [4.69, 9.17) is 9.40 Å². The van der Waals surface area contributed by atoms with Crippen LogP contribution in [0.3, 0.4) is 0 Å². The highest BCUT2D eigenvalue weighted by Crippen LogP contribution is 2.37. The van der Waals surface area contributed by atoms with Crippen LogP contribution in [0.4, 0.5) is 0 Å². The molecule has 252 valence electrons. The summed E-state index contributed by atoms with van der Waals surface area (Å²) < 4.78 is 8.50. The van der Waals surface area contributed by atoms with E-state index in [1.54, 1.807) is 0 Å². The molecule has 0 N–H and O–H groups in total. The van der Waals surface area contributed by atoms with Crippen molar-refractivity contribution >= 4 is 43.9 Å². The zero-order valence-electron chi connectivity index (χ0n) is 29.2. The van der Waals surface area contributed by atoms with Crippen molar-refractivity contribution in [3.05, 3.63) is 205 Å². The predicted molar refractivity (Wildman–Crippen MR) is 220 cm³/mol. The first kappa shape index (κ1) is 31.1. The zero-order valence-corrected chi connectivity index (χ0v) is 29.2. The van der Waals surface area contributed by atoms with Crippen molar-refractivity contribution in [3.8, 4) is 27.9 Å². The third-order valence-electron chi connectivity index (χ3n) is 10.8. The molecule has 0 bridgehead atoms. The molecule has 1 atom stereocenters. The third-order valence-corrected chi connectivity index (χ3v) is 10.8. The Bertz CT molecular complexity index is 2830. The maximum absolute atomic E-state index is 6.12. The van der Waals surface area contributed by atoms with E-state index < -0.39 is 0 Å². The number of benzene rings is 7. The fourth-order valence-corrected chi connectivity index (χ4v) is 8.10. The number of para-hydroxylation sites is 3. The molecule has 0 aliphatic heterocycles. The van der Waals surface area contributed by atoms with Crippen molar-refractivity contribution in [3.63, 3.8) is 0 Å². The SMILES string of the molecule is c1ccc(-c2ccc(-c3cccc(CCC(c4ccc(-n5c6ccccc6c6ccccc65)cc4)c4cnc5oc6ccccc6c5c4)c3)cc2)cc1. The molecule has 7 aromatic carbocycles. The van der Waals surface area contributed by atoms with Crippen LogP contribution in [0.25, 0.3) is 71.8 Å². The monoisotopic (exact) mass is 680 g/mol. The van der Waals surface area contributed by atoms with Gasteiger partial charge in [0.15, 0.2) is 0 Å². The van der Waals surface area contributed by atoms with E-state index in [2.05, 4.69) is 174 Å². The smallest absolute Gasteiger partial charge is 0.227 e. The van der Waals surface area contributed by atoms with E-state index >= 15 is 0 Å². The van der Waals surface area contributed by atoms with Crippen LogP contribution in [0.5, 0.6) is 0 Å².